The second kappa shape index (κ2) is 8.58. The normalized spacial score (nSPS) is 17.8. The lowest BCUT2D eigenvalue weighted by Crippen LogP contribution is -2.41. The number of hydrogen-bond acceptors (Lipinski definition) is 4. The van der Waals surface area contributed by atoms with Crippen LogP contribution >= 0.6 is 12.4 Å². The highest BCUT2D eigenvalue weighted by Gasteiger charge is 2.27. The van der Waals surface area contributed by atoms with Gasteiger partial charge in [-0.15, -0.1) is 12.4 Å². The van der Waals surface area contributed by atoms with Crippen molar-refractivity contribution in [1.82, 2.24) is 9.62 Å². The first kappa shape index (κ1) is 19.8. The van der Waals surface area contributed by atoms with Crippen LogP contribution in [0.2, 0.25) is 0 Å². The molecule has 1 atom stereocenters. The molecule has 130 valence electrons. The lowest BCUT2D eigenvalue weighted by molar-refractivity contribution is -0.131. The molecule has 1 aromatic rings. The molecule has 9 heteroatoms. The van der Waals surface area contributed by atoms with Crippen LogP contribution in [0.1, 0.15) is 19.3 Å². The fourth-order valence-corrected chi connectivity index (χ4v) is 3.57. The van der Waals surface area contributed by atoms with Gasteiger partial charge in [0.2, 0.25) is 15.9 Å². The first-order valence-electron chi connectivity index (χ1n) is 7.19. The summed E-state index contributed by atoms with van der Waals surface area (Å²) in [5.41, 5.74) is 5.61. The Morgan fingerprint density at radius 1 is 1.35 bits per heavy atom. The molecule has 0 saturated carbocycles. The molecule has 1 saturated heterocycles. The van der Waals surface area contributed by atoms with Gasteiger partial charge in [-0.3, -0.25) is 4.79 Å². The average molecular weight is 366 g/mol. The summed E-state index contributed by atoms with van der Waals surface area (Å²) in [5.74, 6) is -0.606. The average Bonchev–Trinajstić information content (AvgIpc) is 2.96. The van der Waals surface area contributed by atoms with Gasteiger partial charge in [0.15, 0.2) is 0 Å². The van der Waals surface area contributed by atoms with Gasteiger partial charge in [0.1, 0.15) is 5.82 Å². The first-order valence-corrected chi connectivity index (χ1v) is 8.67. The van der Waals surface area contributed by atoms with Crippen molar-refractivity contribution in [3.8, 4) is 0 Å². The summed E-state index contributed by atoms with van der Waals surface area (Å²) < 4.78 is 39.1. The van der Waals surface area contributed by atoms with E-state index in [0.29, 0.717) is 13.1 Å². The van der Waals surface area contributed by atoms with E-state index in [4.69, 9.17) is 5.73 Å². The fourth-order valence-electron chi connectivity index (χ4n) is 2.54. The van der Waals surface area contributed by atoms with Crippen LogP contribution in [-0.4, -0.2) is 44.9 Å². The number of likely N-dealkylation sites (tertiary alicyclic amines) is 1. The Labute approximate surface area is 141 Å². The number of hydrogen-bond donors (Lipinski definition) is 2. The molecule has 1 amide bonds. The number of carbonyl (C=O) groups excluding carboxylic acids is 1. The quantitative estimate of drug-likeness (QED) is 0.782. The van der Waals surface area contributed by atoms with Crippen LogP contribution in [0.4, 0.5) is 4.39 Å². The highest BCUT2D eigenvalue weighted by molar-refractivity contribution is 7.89. The van der Waals surface area contributed by atoms with Crippen LogP contribution in [0, 0.1) is 5.82 Å². The molecule has 2 rings (SSSR count). The van der Waals surface area contributed by atoms with Crippen molar-refractivity contribution in [2.45, 2.75) is 30.2 Å². The summed E-state index contributed by atoms with van der Waals surface area (Å²) in [6, 6.07) is 4.58. The molecule has 3 N–H and O–H groups in total. The van der Waals surface area contributed by atoms with Gasteiger partial charge in [-0.25, -0.2) is 17.5 Å². The minimum absolute atomic E-state index is 0. The zero-order chi connectivity index (χ0) is 16.2. The summed E-state index contributed by atoms with van der Waals surface area (Å²) in [7, 11) is -3.73. The van der Waals surface area contributed by atoms with Crippen LogP contribution in [0.5, 0.6) is 0 Å². The van der Waals surface area contributed by atoms with E-state index in [2.05, 4.69) is 4.72 Å². The topological polar surface area (TPSA) is 92.5 Å². The maximum atomic E-state index is 12.8. The van der Waals surface area contributed by atoms with E-state index in [0.717, 1.165) is 25.0 Å². The van der Waals surface area contributed by atoms with Crippen molar-refractivity contribution in [2.75, 3.05) is 19.6 Å². The maximum Gasteiger partial charge on any atom is 0.240 e. The molecule has 6 nitrogen and oxygen atoms in total. The third kappa shape index (κ3) is 5.13. The third-order valence-electron chi connectivity index (χ3n) is 3.72. The van der Waals surface area contributed by atoms with Gasteiger partial charge in [0.05, 0.1) is 4.90 Å². The van der Waals surface area contributed by atoms with Crippen LogP contribution in [-0.2, 0) is 14.8 Å². The smallest absolute Gasteiger partial charge is 0.240 e. The van der Waals surface area contributed by atoms with Crippen molar-refractivity contribution < 1.29 is 17.6 Å². The number of nitrogens with zero attached hydrogens (tertiary/aromatic N) is 1. The van der Waals surface area contributed by atoms with Gasteiger partial charge < -0.3 is 10.6 Å². The number of amides is 1. The van der Waals surface area contributed by atoms with E-state index in [-0.39, 0.29) is 42.2 Å². The molecule has 1 aromatic carbocycles. The van der Waals surface area contributed by atoms with E-state index >= 15 is 0 Å². The zero-order valence-electron chi connectivity index (χ0n) is 12.6. The summed E-state index contributed by atoms with van der Waals surface area (Å²) in [4.78, 5) is 13.8. The second-order valence-corrected chi connectivity index (χ2v) is 6.99. The van der Waals surface area contributed by atoms with E-state index in [1.54, 1.807) is 4.90 Å². The maximum absolute atomic E-state index is 12.8. The second-order valence-electron chi connectivity index (χ2n) is 5.22. The predicted octanol–water partition coefficient (Wildman–Crippen LogP) is 0.866. The Kier molecular flexibility index (Phi) is 7.40. The number of halogens is 2. The summed E-state index contributed by atoms with van der Waals surface area (Å²) in [5, 5.41) is 0. The van der Waals surface area contributed by atoms with Crippen LogP contribution < -0.4 is 10.5 Å². The molecule has 0 aliphatic carbocycles. The van der Waals surface area contributed by atoms with E-state index in [9.17, 15) is 17.6 Å². The predicted molar refractivity (Wildman–Crippen MR) is 87.2 cm³/mol. The molecule has 23 heavy (non-hydrogen) atoms. The molecule has 0 spiro atoms. The number of nitrogens with two attached hydrogens (primary N) is 1. The van der Waals surface area contributed by atoms with Gasteiger partial charge in [-0.1, -0.05) is 0 Å². The molecule has 1 heterocycles. The molecule has 0 radical (unpaired) electrons. The molecular weight excluding hydrogens is 345 g/mol. The summed E-state index contributed by atoms with van der Waals surface area (Å²) in [6.45, 7) is 1.10. The Bertz CT molecular complexity index is 625. The van der Waals surface area contributed by atoms with Gasteiger partial charge in [0, 0.05) is 32.1 Å². The monoisotopic (exact) mass is 365 g/mol. The van der Waals surface area contributed by atoms with Crippen molar-refractivity contribution >= 4 is 28.3 Å². The van der Waals surface area contributed by atoms with Gasteiger partial charge in [-0.2, -0.15) is 0 Å². The number of rotatable bonds is 6. The molecular formula is C14H21ClFN3O3S. The van der Waals surface area contributed by atoms with E-state index < -0.39 is 15.8 Å². The molecule has 1 fully saturated rings. The van der Waals surface area contributed by atoms with Gasteiger partial charge in [-0.05, 0) is 37.1 Å². The molecule has 1 aliphatic heterocycles. The number of carbonyl (C=O) groups is 1. The lowest BCUT2D eigenvalue weighted by atomic mass is 10.2. The number of nitrogens with one attached hydrogen (secondary N) is 1. The Morgan fingerprint density at radius 3 is 2.61 bits per heavy atom. The van der Waals surface area contributed by atoms with E-state index in [1.807, 2.05) is 0 Å². The largest absolute Gasteiger partial charge is 0.338 e. The van der Waals surface area contributed by atoms with Crippen molar-refractivity contribution in [2.24, 2.45) is 5.73 Å². The fraction of sp³-hybridized carbons (Fsp3) is 0.500. The van der Waals surface area contributed by atoms with Crippen LogP contribution in [0.15, 0.2) is 29.2 Å². The Morgan fingerprint density at radius 2 is 2.00 bits per heavy atom. The summed E-state index contributed by atoms with van der Waals surface area (Å²) in [6.07, 6.45) is 1.90. The highest BCUT2D eigenvalue weighted by Crippen LogP contribution is 2.17. The lowest BCUT2D eigenvalue weighted by Gasteiger charge is -2.23. The first-order chi connectivity index (χ1) is 10.4. The third-order valence-corrected chi connectivity index (χ3v) is 5.20. The van der Waals surface area contributed by atoms with Crippen molar-refractivity contribution in [3.63, 3.8) is 0 Å². The standard InChI is InChI=1S/C14H20FN3O3S.ClH/c15-11-3-5-13(6-4-11)22(20,21)17-8-7-14(19)18-9-1-2-12(18)10-16;/h3-6,12,17H,1-2,7-10,16H2;1H. The van der Waals surface area contributed by atoms with Crippen LogP contribution in [0.3, 0.4) is 0 Å². The van der Waals surface area contributed by atoms with Gasteiger partial charge >= 0.3 is 0 Å². The van der Waals surface area contributed by atoms with Crippen LogP contribution in [0.25, 0.3) is 0 Å². The van der Waals surface area contributed by atoms with E-state index in [1.165, 1.54) is 12.1 Å². The minimum atomic E-state index is -3.73. The summed E-state index contributed by atoms with van der Waals surface area (Å²) >= 11 is 0. The number of benzene rings is 1. The van der Waals surface area contributed by atoms with Gasteiger partial charge in [0.25, 0.3) is 0 Å². The van der Waals surface area contributed by atoms with Crippen molar-refractivity contribution in [3.05, 3.63) is 30.1 Å². The number of sulfonamides is 1. The Balaban J connectivity index is 0.00000264. The zero-order valence-corrected chi connectivity index (χ0v) is 14.2. The molecule has 1 unspecified atom stereocenters. The Hall–Kier alpha value is -1.22. The molecule has 1 aliphatic rings. The SMILES string of the molecule is Cl.NCC1CCCN1C(=O)CCNS(=O)(=O)c1ccc(F)cc1. The molecule has 0 aromatic heterocycles. The minimum Gasteiger partial charge on any atom is -0.338 e. The molecule has 0 bridgehead atoms. The van der Waals surface area contributed by atoms with Crippen molar-refractivity contribution in [1.29, 1.82) is 0 Å². The highest BCUT2D eigenvalue weighted by atomic mass is 35.5.